The van der Waals surface area contributed by atoms with Gasteiger partial charge in [0.15, 0.2) is 23.3 Å². The summed E-state index contributed by atoms with van der Waals surface area (Å²) in [5.41, 5.74) is 2.99. The normalized spacial score (nSPS) is 17.8. The van der Waals surface area contributed by atoms with E-state index < -0.39 is 0 Å². The van der Waals surface area contributed by atoms with Gasteiger partial charge in [-0.2, -0.15) is 15.6 Å². The lowest BCUT2D eigenvalue weighted by atomic mass is 10.1. The van der Waals surface area contributed by atoms with Crippen LogP contribution in [0.3, 0.4) is 0 Å². The number of carbonyl (C=O) groups excluding carboxylic acids is 2. The molecule has 2 aromatic heterocycles. The molecule has 2 aliphatic heterocycles. The van der Waals surface area contributed by atoms with Crippen molar-refractivity contribution in [3.63, 3.8) is 0 Å². The SMILES string of the molecule is Cc1cccc2sc(NC(=O)[C@H]3CCN(C#N)C3)nc12.N#CN1CC[C@H](C(=O)Nc2ccn(-c3ccccc3)n2)C1. The summed E-state index contributed by atoms with van der Waals surface area (Å²) in [6.07, 6.45) is 7.39. The van der Waals surface area contributed by atoms with Crippen LogP contribution in [0.2, 0.25) is 0 Å². The van der Waals surface area contributed by atoms with E-state index in [-0.39, 0.29) is 23.7 Å². The van der Waals surface area contributed by atoms with Crippen molar-refractivity contribution in [2.24, 2.45) is 11.8 Å². The van der Waals surface area contributed by atoms with Gasteiger partial charge in [-0.25, -0.2) is 9.67 Å². The summed E-state index contributed by atoms with van der Waals surface area (Å²) >= 11 is 1.48. The molecule has 208 valence electrons. The predicted molar refractivity (Wildman–Crippen MR) is 156 cm³/mol. The summed E-state index contributed by atoms with van der Waals surface area (Å²) in [6, 6.07) is 17.5. The van der Waals surface area contributed by atoms with Crippen molar-refractivity contribution in [1.29, 1.82) is 10.5 Å². The molecule has 41 heavy (non-hydrogen) atoms. The number of hydrogen-bond donors (Lipinski definition) is 2. The van der Waals surface area contributed by atoms with E-state index in [0.717, 1.165) is 27.9 Å². The molecule has 0 bridgehead atoms. The van der Waals surface area contributed by atoms with E-state index in [9.17, 15) is 9.59 Å². The van der Waals surface area contributed by atoms with E-state index in [4.69, 9.17) is 10.5 Å². The highest BCUT2D eigenvalue weighted by molar-refractivity contribution is 7.22. The highest BCUT2D eigenvalue weighted by atomic mass is 32.1. The van der Waals surface area contributed by atoms with Gasteiger partial charge in [0.1, 0.15) is 0 Å². The molecular formula is C29H29N9O2S. The topological polar surface area (TPSA) is 143 Å². The first kappa shape index (κ1) is 27.6. The van der Waals surface area contributed by atoms with Crippen LogP contribution in [0.25, 0.3) is 15.9 Å². The number of nitrogens with zero attached hydrogens (tertiary/aromatic N) is 7. The predicted octanol–water partition coefficient (Wildman–Crippen LogP) is 3.96. The average Bonchev–Trinajstić information content (AvgIpc) is 3.80. The molecule has 6 rings (SSSR count). The first-order chi connectivity index (χ1) is 19.9. The van der Waals surface area contributed by atoms with Crippen molar-refractivity contribution >= 4 is 44.3 Å². The zero-order chi connectivity index (χ0) is 28.8. The molecule has 2 atom stereocenters. The maximum atomic E-state index is 12.2. The van der Waals surface area contributed by atoms with Gasteiger partial charge in [-0.15, -0.1) is 0 Å². The Labute approximate surface area is 241 Å². The van der Waals surface area contributed by atoms with Crippen LogP contribution >= 0.6 is 11.3 Å². The minimum Gasteiger partial charge on any atom is -0.310 e. The first-order valence-corrected chi connectivity index (χ1v) is 14.1. The molecule has 2 aliphatic rings. The number of amides is 2. The lowest BCUT2D eigenvalue weighted by molar-refractivity contribution is -0.120. The molecule has 0 unspecified atom stereocenters. The molecule has 12 heteroatoms. The number of benzene rings is 2. The molecule has 4 heterocycles. The minimum atomic E-state index is -0.147. The molecule has 0 saturated carbocycles. The monoisotopic (exact) mass is 567 g/mol. The number of nitriles is 2. The van der Waals surface area contributed by atoms with E-state index in [1.54, 1.807) is 26.7 Å². The van der Waals surface area contributed by atoms with Gasteiger partial charge in [-0.1, -0.05) is 41.7 Å². The number of nitrogens with one attached hydrogen (secondary N) is 2. The molecule has 4 aromatic rings. The lowest BCUT2D eigenvalue weighted by Gasteiger charge is -2.09. The minimum absolute atomic E-state index is 0.0422. The molecule has 2 amide bonds. The van der Waals surface area contributed by atoms with Crippen LogP contribution in [0.5, 0.6) is 0 Å². The fourth-order valence-electron chi connectivity index (χ4n) is 4.82. The molecule has 0 spiro atoms. The summed E-state index contributed by atoms with van der Waals surface area (Å²) in [5.74, 6) is 0.138. The molecule has 0 aliphatic carbocycles. The molecule has 0 radical (unpaired) electrons. The summed E-state index contributed by atoms with van der Waals surface area (Å²) < 4.78 is 2.79. The van der Waals surface area contributed by atoms with E-state index in [2.05, 4.69) is 33.1 Å². The van der Waals surface area contributed by atoms with Crippen molar-refractivity contribution in [2.45, 2.75) is 19.8 Å². The standard InChI is InChI=1S/C15H15N5O.C14H14N4OS/c16-11-19-8-6-12(10-19)15(21)17-14-7-9-20(18-14)13-4-2-1-3-5-13;1-9-3-2-4-11-12(9)16-14(20-11)17-13(19)10-5-6-18(7-10)8-15/h1-5,7,9,12H,6,8,10H2,(H,17,18,21);2-4,10H,5-7H2,1H3,(H,16,17,19)/t12-;10-/m00/s1. The Morgan fingerprint density at radius 2 is 1.56 bits per heavy atom. The molecule has 2 fully saturated rings. The number of aryl methyl sites for hydroxylation is 1. The largest absolute Gasteiger partial charge is 0.310 e. The molecule has 11 nitrogen and oxygen atoms in total. The van der Waals surface area contributed by atoms with Crippen molar-refractivity contribution in [3.8, 4) is 18.1 Å². The number of anilines is 2. The van der Waals surface area contributed by atoms with Crippen LogP contribution in [0.15, 0.2) is 60.8 Å². The number of carbonyl (C=O) groups is 2. The van der Waals surface area contributed by atoms with Crippen LogP contribution in [0.4, 0.5) is 10.9 Å². The van der Waals surface area contributed by atoms with Crippen molar-refractivity contribution in [1.82, 2.24) is 24.6 Å². The second-order valence-electron chi connectivity index (χ2n) is 9.96. The quantitative estimate of drug-likeness (QED) is 0.345. The summed E-state index contributed by atoms with van der Waals surface area (Å²) in [6.45, 7) is 4.31. The van der Waals surface area contributed by atoms with Gasteiger partial charge in [0.25, 0.3) is 0 Å². The Hall–Kier alpha value is -4.94. The van der Waals surface area contributed by atoms with Gasteiger partial charge in [0, 0.05) is 38.4 Å². The maximum absolute atomic E-state index is 12.2. The fraction of sp³-hybridized carbons (Fsp3) is 0.310. The second-order valence-corrected chi connectivity index (χ2v) is 11.0. The average molecular weight is 568 g/mol. The first-order valence-electron chi connectivity index (χ1n) is 13.3. The number of likely N-dealkylation sites (tertiary alicyclic amines) is 2. The smallest absolute Gasteiger partial charge is 0.231 e. The van der Waals surface area contributed by atoms with Crippen LogP contribution in [-0.4, -0.2) is 62.6 Å². The van der Waals surface area contributed by atoms with Gasteiger partial charge in [0.2, 0.25) is 11.8 Å². The number of hydrogen-bond acceptors (Lipinski definition) is 9. The third-order valence-corrected chi connectivity index (χ3v) is 8.05. The Bertz CT molecular complexity index is 1620. The Balaban J connectivity index is 0.000000165. The Kier molecular flexibility index (Phi) is 8.42. The van der Waals surface area contributed by atoms with Crippen molar-refractivity contribution in [3.05, 3.63) is 66.4 Å². The number of para-hydroxylation sites is 2. The summed E-state index contributed by atoms with van der Waals surface area (Å²) in [4.78, 5) is 32.0. The zero-order valence-corrected chi connectivity index (χ0v) is 23.3. The molecule has 2 aromatic carbocycles. The molecule has 2 N–H and O–H groups in total. The van der Waals surface area contributed by atoms with Crippen molar-refractivity contribution < 1.29 is 9.59 Å². The zero-order valence-electron chi connectivity index (χ0n) is 22.5. The Morgan fingerprint density at radius 3 is 2.17 bits per heavy atom. The van der Waals surface area contributed by atoms with E-state index in [1.165, 1.54) is 11.3 Å². The third kappa shape index (κ3) is 6.62. The third-order valence-electron chi connectivity index (χ3n) is 7.11. The second kappa shape index (κ2) is 12.5. The van der Waals surface area contributed by atoms with Gasteiger partial charge < -0.3 is 20.4 Å². The molecule has 2 saturated heterocycles. The van der Waals surface area contributed by atoms with Crippen molar-refractivity contribution in [2.75, 3.05) is 36.8 Å². The van der Waals surface area contributed by atoms with E-state index in [0.29, 0.717) is 43.5 Å². The summed E-state index contributed by atoms with van der Waals surface area (Å²) in [5, 5.41) is 28.3. The Morgan fingerprint density at radius 1 is 0.902 bits per heavy atom. The van der Waals surface area contributed by atoms with Gasteiger partial charge in [-0.05, 0) is 43.5 Å². The summed E-state index contributed by atoms with van der Waals surface area (Å²) in [7, 11) is 0. The lowest BCUT2D eigenvalue weighted by Crippen LogP contribution is -2.25. The highest BCUT2D eigenvalue weighted by Crippen LogP contribution is 2.29. The number of aromatic nitrogens is 3. The van der Waals surface area contributed by atoms with Gasteiger partial charge in [0.05, 0.1) is 27.7 Å². The highest BCUT2D eigenvalue weighted by Gasteiger charge is 2.29. The van der Waals surface area contributed by atoms with Crippen LogP contribution in [0.1, 0.15) is 18.4 Å². The molecular weight excluding hydrogens is 538 g/mol. The van der Waals surface area contributed by atoms with E-state index >= 15 is 0 Å². The maximum Gasteiger partial charge on any atom is 0.231 e. The van der Waals surface area contributed by atoms with Gasteiger partial charge in [-0.3, -0.25) is 9.59 Å². The van der Waals surface area contributed by atoms with Gasteiger partial charge >= 0.3 is 0 Å². The fourth-order valence-corrected chi connectivity index (χ4v) is 5.77. The number of rotatable bonds is 5. The van der Waals surface area contributed by atoms with E-state index in [1.807, 2.05) is 55.5 Å². The van der Waals surface area contributed by atoms with Crippen LogP contribution < -0.4 is 10.6 Å². The number of thiazole rings is 1. The number of fused-ring (bicyclic) bond motifs is 1. The van der Waals surface area contributed by atoms with Crippen LogP contribution in [0, 0.1) is 41.7 Å². The van der Waals surface area contributed by atoms with Crippen LogP contribution in [-0.2, 0) is 9.59 Å².